The Morgan fingerprint density at radius 2 is 1.12 bits per heavy atom. The fourth-order valence-electron chi connectivity index (χ4n) is 1.53. The molecule has 0 bridgehead atoms. The number of phenols is 2. The van der Waals surface area contributed by atoms with E-state index in [0.717, 1.165) is 12.4 Å². The van der Waals surface area contributed by atoms with Gasteiger partial charge >= 0.3 is 11.9 Å². The number of carbonyl (C=O) groups excluding carboxylic acids is 2. The maximum absolute atomic E-state index is 11.3. The first-order chi connectivity index (χ1) is 11.6. The smallest absolute Gasteiger partial charge is 0.445 e. The van der Waals surface area contributed by atoms with Gasteiger partial charge in [0, 0.05) is 11.1 Å². The molecule has 0 atom stereocenters. The predicted molar refractivity (Wildman–Crippen MR) is 83.6 cm³/mol. The number of para-hydroxylation sites is 2. The molecule has 0 unspecified atom stereocenters. The van der Waals surface area contributed by atoms with Crippen LogP contribution in [0.25, 0.3) is 0 Å². The van der Waals surface area contributed by atoms with E-state index in [4.69, 9.17) is 0 Å². The van der Waals surface area contributed by atoms with Crippen LogP contribution in [0.15, 0.2) is 58.8 Å². The van der Waals surface area contributed by atoms with Crippen molar-refractivity contribution < 1.29 is 29.5 Å². The van der Waals surface area contributed by atoms with Crippen LogP contribution in [0.2, 0.25) is 0 Å². The SMILES string of the molecule is O=C(O/N=C/c1ccccc1O)C(=O)O/N=C/c1ccccc1O. The Balaban J connectivity index is 1.85. The van der Waals surface area contributed by atoms with Gasteiger partial charge in [0.15, 0.2) is 0 Å². The normalized spacial score (nSPS) is 10.8. The molecule has 0 aromatic heterocycles. The second kappa shape index (κ2) is 8.08. The van der Waals surface area contributed by atoms with Crippen molar-refractivity contribution in [2.45, 2.75) is 0 Å². The van der Waals surface area contributed by atoms with Crippen molar-refractivity contribution in [3.05, 3.63) is 59.7 Å². The molecular weight excluding hydrogens is 316 g/mol. The number of phenolic OH excluding ortho intramolecular Hbond substituents is 2. The molecule has 0 aliphatic carbocycles. The second-order valence-electron chi connectivity index (χ2n) is 4.34. The molecule has 2 rings (SSSR count). The Labute approximate surface area is 136 Å². The van der Waals surface area contributed by atoms with Crippen molar-refractivity contribution in [1.82, 2.24) is 0 Å². The van der Waals surface area contributed by atoms with E-state index in [2.05, 4.69) is 20.0 Å². The van der Waals surface area contributed by atoms with Gasteiger partial charge in [0.05, 0.1) is 12.4 Å². The van der Waals surface area contributed by atoms with E-state index in [9.17, 15) is 19.8 Å². The number of hydrogen-bond acceptors (Lipinski definition) is 8. The maximum Gasteiger partial charge on any atom is 0.445 e. The first-order valence-corrected chi connectivity index (χ1v) is 6.63. The molecule has 2 N–H and O–H groups in total. The average Bonchev–Trinajstić information content (AvgIpc) is 2.58. The van der Waals surface area contributed by atoms with Gasteiger partial charge in [-0.1, -0.05) is 34.6 Å². The topological polar surface area (TPSA) is 118 Å². The molecule has 0 spiro atoms. The summed E-state index contributed by atoms with van der Waals surface area (Å²) in [6.07, 6.45) is 2.12. The van der Waals surface area contributed by atoms with Gasteiger partial charge in [-0.25, -0.2) is 9.59 Å². The van der Waals surface area contributed by atoms with E-state index < -0.39 is 11.9 Å². The van der Waals surface area contributed by atoms with Gasteiger partial charge in [0.25, 0.3) is 0 Å². The van der Waals surface area contributed by atoms with Gasteiger partial charge in [-0.05, 0) is 24.3 Å². The quantitative estimate of drug-likeness (QED) is 0.380. The Morgan fingerprint density at radius 1 is 0.750 bits per heavy atom. The van der Waals surface area contributed by atoms with Gasteiger partial charge in [-0.2, -0.15) is 0 Å². The highest BCUT2D eigenvalue weighted by atomic mass is 16.7. The lowest BCUT2D eigenvalue weighted by Crippen LogP contribution is -2.16. The zero-order valence-corrected chi connectivity index (χ0v) is 12.2. The fraction of sp³-hybridized carbons (Fsp3) is 0. The summed E-state index contributed by atoms with van der Waals surface area (Å²) >= 11 is 0. The van der Waals surface area contributed by atoms with E-state index >= 15 is 0 Å². The summed E-state index contributed by atoms with van der Waals surface area (Å²) in [5.41, 5.74) is 0.604. The zero-order valence-electron chi connectivity index (χ0n) is 12.2. The molecule has 0 radical (unpaired) electrons. The van der Waals surface area contributed by atoms with Gasteiger partial charge in [-0.15, -0.1) is 0 Å². The van der Waals surface area contributed by atoms with E-state index in [1.807, 2.05) is 0 Å². The third kappa shape index (κ3) is 4.67. The van der Waals surface area contributed by atoms with Crippen molar-refractivity contribution >= 4 is 24.4 Å². The van der Waals surface area contributed by atoms with Crippen molar-refractivity contribution in [1.29, 1.82) is 0 Å². The highest BCUT2D eigenvalue weighted by molar-refractivity contribution is 6.29. The van der Waals surface area contributed by atoms with Crippen molar-refractivity contribution in [2.24, 2.45) is 10.3 Å². The molecule has 0 fully saturated rings. The number of aromatic hydroxyl groups is 2. The second-order valence-corrected chi connectivity index (χ2v) is 4.34. The minimum absolute atomic E-state index is 0.0628. The largest absolute Gasteiger partial charge is 0.507 e. The maximum atomic E-state index is 11.3. The lowest BCUT2D eigenvalue weighted by Gasteiger charge is -1.98. The van der Waals surface area contributed by atoms with Gasteiger partial charge in [-0.3, -0.25) is 0 Å². The summed E-state index contributed by atoms with van der Waals surface area (Å²) in [5.74, 6) is -2.91. The minimum atomic E-state index is -1.39. The van der Waals surface area contributed by atoms with E-state index in [0.29, 0.717) is 11.1 Å². The minimum Gasteiger partial charge on any atom is -0.507 e. The molecule has 8 nitrogen and oxygen atoms in total. The summed E-state index contributed by atoms with van der Waals surface area (Å²) < 4.78 is 0. The monoisotopic (exact) mass is 328 g/mol. The highest BCUT2D eigenvalue weighted by Gasteiger charge is 2.18. The first kappa shape index (κ1) is 16.7. The van der Waals surface area contributed by atoms with Crippen molar-refractivity contribution in [3.8, 4) is 11.5 Å². The molecule has 0 amide bonds. The van der Waals surface area contributed by atoms with Gasteiger partial charge in [0.2, 0.25) is 0 Å². The summed E-state index contributed by atoms with van der Waals surface area (Å²) in [5, 5.41) is 25.5. The van der Waals surface area contributed by atoms with Crippen LogP contribution < -0.4 is 0 Å². The number of oxime groups is 2. The Kier molecular flexibility index (Phi) is 5.62. The molecule has 2 aromatic rings. The first-order valence-electron chi connectivity index (χ1n) is 6.63. The molecule has 24 heavy (non-hydrogen) atoms. The highest BCUT2D eigenvalue weighted by Crippen LogP contribution is 2.13. The summed E-state index contributed by atoms with van der Waals surface area (Å²) in [7, 11) is 0. The predicted octanol–water partition coefficient (Wildman–Crippen LogP) is 1.55. The number of nitrogens with zero attached hydrogens (tertiary/aromatic N) is 2. The van der Waals surface area contributed by atoms with Crippen LogP contribution >= 0.6 is 0 Å². The van der Waals surface area contributed by atoms with Crippen LogP contribution in [0.5, 0.6) is 11.5 Å². The average molecular weight is 328 g/mol. The van der Waals surface area contributed by atoms with Crippen LogP contribution in [0.3, 0.4) is 0 Å². The van der Waals surface area contributed by atoms with Crippen molar-refractivity contribution in [2.75, 3.05) is 0 Å². The van der Waals surface area contributed by atoms with Gasteiger partial charge in [0.1, 0.15) is 11.5 Å². The van der Waals surface area contributed by atoms with Crippen LogP contribution in [0.4, 0.5) is 0 Å². The molecule has 0 saturated carbocycles. The van der Waals surface area contributed by atoms with Crippen molar-refractivity contribution in [3.63, 3.8) is 0 Å². The van der Waals surface area contributed by atoms with Crippen LogP contribution in [0, 0.1) is 0 Å². The summed E-state index contributed by atoms with van der Waals surface area (Å²) in [4.78, 5) is 31.3. The molecule has 0 saturated heterocycles. The van der Waals surface area contributed by atoms with E-state index in [1.54, 1.807) is 24.3 Å². The van der Waals surface area contributed by atoms with Gasteiger partial charge < -0.3 is 19.9 Å². The number of hydrogen-bond donors (Lipinski definition) is 2. The summed E-state index contributed by atoms with van der Waals surface area (Å²) in [6.45, 7) is 0. The standard InChI is InChI=1S/C16H12N2O6/c19-13-7-3-1-5-11(13)9-17-23-15(21)16(22)24-18-10-12-6-2-4-8-14(12)20/h1-10,19-20H/b17-9+,18-10+. The third-order valence-electron chi connectivity index (χ3n) is 2.69. The molecule has 8 heteroatoms. The lowest BCUT2D eigenvalue weighted by molar-refractivity contribution is -0.167. The van der Waals surface area contributed by atoms with E-state index in [1.165, 1.54) is 24.3 Å². The Morgan fingerprint density at radius 3 is 1.50 bits per heavy atom. The number of rotatable bonds is 4. The Hall–Kier alpha value is -3.68. The van der Waals surface area contributed by atoms with Crippen LogP contribution in [-0.4, -0.2) is 34.6 Å². The molecular formula is C16H12N2O6. The fourth-order valence-corrected chi connectivity index (χ4v) is 1.53. The van der Waals surface area contributed by atoms with Crippen LogP contribution in [-0.2, 0) is 19.3 Å². The Bertz CT molecular complexity index is 733. The molecule has 0 heterocycles. The molecule has 0 aliphatic heterocycles. The lowest BCUT2D eigenvalue weighted by atomic mass is 10.2. The van der Waals surface area contributed by atoms with E-state index in [-0.39, 0.29) is 11.5 Å². The number of carbonyl (C=O) groups is 2. The van der Waals surface area contributed by atoms with Crippen LogP contribution in [0.1, 0.15) is 11.1 Å². The number of benzene rings is 2. The summed E-state index contributed by atoms with van der Waals surface area (Å²) in [6, 6.07) is 12.4. The molecule has 0 aliphatic rings. The molecule has 2 aromatic carbocycles. The zero-order chi connectivity index (χ0) is 17.4. The third-order valence-corrected chi connectivity index (χ3v) is 2.69. The molecule has 122 valence electrons.